The van der Waals surface area contributed by atoms with Crippen molar-refractivity contribution in [3.8, 4) is 0 Å². The van der Waals surface area contributed by atoms with Gasteiger partial charge in [-0.05, 0) is 65.3 Å². The highest BCUT2D eigenvalue weighted by Crippen LogP contribution is 2.30. The molecule has 8 nitrogen and oxygen atoms in total. The Morgan fingerprint density at radius 1 is 1.17 bits per heavy atom. The van der Waals surface area contributed by atoms with Crippen LogP contribution in [0.5, 0.6) is 0 Å². The van der Waals surface area contributed by atoms with Gasteiger partial charge in [-0.1, -0.05) is 55.8 Å². The SMILES string of the molecule is Cc1ccc2[nH]c(=O)c(CN(C[C@H]3CCCO3)[C@@H](c3nnnn3Cc3ccccc3)C(C)C)cc2c1. The molecule has 5 rings (SSSR count). The third-order valence-corrected chi connectivity index (χ3v) is 6.94. The molecule has 8 heteroatoms. The predicted molar refractivity (Wildman–Crippen MR) is 140 cm³/mol. The zero-order valence-corrected chi connectivity index (χ0v) is 21.2. The van der Waals surface area contributed by atoms with Crippen molar-refractivity contribution in [2.24, 2.45) is 5.92 Å². The van der Waals surface area contributed by atoms with Gasteiger partial charge >= 0.3 is 0 Å². The van der Waals surface area contributed by atoms with E-state index in [1.165, 1.54) is 0 Å². The van der Waals surface area contributed by atoms with Gasteiger partial charge in [0.05, 0.1) is 18.7 Å². The molecule has 3 heterocycles. The third kappa shape index (κ3) is 5.39. The molecule has 0 spiro atoms. The number of H-pyrrole nitrogens is 1. The van der Waals surface area contributed by atoms with Crippen molar-refractivity contribution in [2.45, 2.75) is 58.8 Å². The monoisotopic (exact) mass is 486 g/mol. The number of tetrazole rings is 1. The number of rotatable bonds is 9. The molecule has 1 fully saturated rings. The Hall–Kier alpha value is -3.36. The summed E-state index contributed by atoms with van der Waals surface area (Å²) in [6, 6.07) is 18.2. The number of aromatic nitrogens is 5. The smallest absolute Gasteiger partial charge is 0.252 e. The molecule has 188 valence electrons. The molecule has 4 aromatic rings. The maximum atomic E-state index is 13.1. The van der Waals surface area contributed by atoms with Crippen molar-refractivity contribution in [3.63, 3.8) is 0 Å². The lowest BCUT2D eigenvalue weighted by molar-refractivity contribution is 0.0385. The zero-order valence-electron chi connectivity index (χ0n) is 21.2. The van der Waals surface area contributed by atoms with Crippen LogP contribution in [0, 0.1) is 12.8 Å². The molecule has 2 aromatic carbocycles. The Kier molecular flexibility index (Phi) is 7.25. The van der Waals surface area contributed by atoms with Crippen LogP contribution >= 0.6 is 0 Å². The first-order valence-corrected chi connectivity index (χ1v) is 12.8. The molecule has 0 bridgehead atoms. The summed E-state index contributed by atoms with van der Waals surface area (Å²) in [6.07, 6.45) is 2.21. The number of nitrogens with zero attached hydrogens (tertiary/aromatic N) is 5. The number of aryl methyl sites for hydroxylation is 1. The van der Waals surface area contributed by atoms with Gasteiger partial charge in [0.1, 0.15) is 0 Å². The van der Waals surface area contributed by atoms with Crippen LogP contribution in [0.4, 0.5) is 0 Å². The van der Waals surface area contributed by atoms with Gasteiger partial charge in [-0.25, -0.2) is 4.68 Å². The summed E-state index contributed by atoms with van der Waals surface area (Å²) in [7, 11) is 0. The Morgan fingerprint density at radius 2 is 2.00 bits per heavy atom. The molecule has 0 amide bonds. The van der Waals surface area contributed by atoms with E-state index in [2.05, 4.69) is 64.4 Å². The summed E-state index contributed by atoms with van der Waals surface area (Å²) < 4.78 is 7.91. The topological polar surface area (TPSA) is 88.9 Å². The predicted octanol–water partition coefficient (Wildman–Crippen LogP) is 4.25. The third-order valence-electron chi connectivity index (χ3n) is 6.94. The lowest BCUT2D eigenvalue weighted by Crippen LogP contribution is -2.40. The first kappa shape index (κ1) is 24.3. The molecule has 0 aliphatic carbocycles. The number of nitrogens with one attached hydrogen (secondary N) is 1. The van der Waals surface area contributed by atoms with E-state index in [9.17, 15) is 4.79 Å². The summed E-state index contributed by atoms with van der Waals surface area (Å²) in [5, 5.41) is 13.9. The van der Waals surface area contributed by atoms with Gasteiger partial charge in [0.15, 0.2) is 5.82 Å². The maximum Gasteiger partial charge on any atom is 0.252 e. The first-order chi connectivity index (χ1) is 17.5. The van der Waals surface area contributed by atoms with Crippen LogP contribution in [0.1, 0.15) is 55.2 Å². The van der Waals surface area contributed by atoms with Crippen LogP contribution in [-0.2, 0) is 17.8 Å². The van der Waals surface area contributed by atoms with Crippen molar-refractivity contribution in [1.29, 1.82) is 0 Å². The van der Waals surface area contributed by atoms with Gasteiger partial charge < -0.3 is 9.72 Å². The van der Waals surface area contributed by atoms with Crippen molar-refractivity contribution in [2.75, 3.05) is 13.2 Å². The van der Waals surface area contributed by atoms with E-state index in [1.54, 1.807) is 0 Å². The average Bonchev–Trinajstić information content (AvgIpc) is 3.53. The maximum absolute atomic E-state index is 13.1. The molecule has 1 N–H and O–H groups in total. The normalized spacial score (nSPS) is 16.9. The van der Waals surface area contributed by atoms with E-state index in [0.717, 1.165) is 52.9 Å². The largest absolute Gasteiger partial charge is 0.377 e. The molecule has 1 aliphatic rings. The van der Waals surface area contributed by atoms with Gasteiger partial charge in [-0.3, -0.25) is 9.69 Å². The quantitative estimate of drug-likeness (QED) is 0.381. The Labute approximate surface area is 211 Å². The fourth-order valence-corrected chi connectivity index (χ4v) is 5.21. The molecular weight excluding hydrogens is 452 g/mol. The lowest BCUT2D eigenvalue weighted by Gasteiger charge is -2.35. The number of hydrogen-bond acceptors (Lipinski definition) is 6. The van der Waals surface area contributed by atoms with E-state index >= 15 is 0 Å². The molecular formula is C28H34N6O2. The van der Waals surface area contributed by atoms with Crippen LogP contribution < -0.4 is 5.56 Å². The molecule has 2 aromatic heterocycles. The highest BCUT2D eigenvalue weighted by Gasteiger charge is 2.32. The number of aromatic amines is 1. The second-order valence-electron chi connectivity index (χ2n) is 10.1. The van der Waals surface area contributed by atoms with Gasteiger partial charge in [0.25, 0.3) is 5.56 Å². The summed E-state index contributed by atoms with van der Waals surface area (Å²) >= 11 is 0. The van der Waals surface area contributed by atoms with Crippen LogP contribution in [0.25, 0.3) is 10.9 Å². The van der Waals surface area contributed by atoms with Gasteiger partial charge in [0, 0.05) is 30.8 Å². The van der Waals surface area contributed by atoms with Crippen molar-refractivity contribution in [3.05, 3.63) is 87.5 Å². The number of ether oxygens (including phenoxy) is 1. The zero-order chi connectivity index (χ0) is 25.1. The Morgan fingerprint density at radius 3 is 2.75 bits per heavy atom. The van der Waals surface area contributed by atoms with E-state index in [1.807, 2.05) is 41.1 Å². The number of fused-ring (bicyclic) bond motifs is 1. The molecule has 1 saturated heterocycles. The van der Waals surface area contributed by atoms with Gasteiger partial charge in [-0.15, -0.1) is 5.10 Å². The fraction of sp³-hybridized carbons (Fsp3) is 0.429. The van der Waals surface area contributed by atoms with E-state index in [0.29, 0.717) is 19.6 Å². The van der Waals surface area contributed by atoms with E-state index in [4.69, 9.17) is 4.74 Å². The number of hydrogen-bond donors (Lipinski definition) is 1. The molecule has 0 saturated carbocycles. The van der Waals surface area contributed by atoms with Gasteiger partial charge in [0.2, 0.25) is 0 Å². The fourth-order valence-electron chi connectivity index (χ4n) is 5.21. The lowest BCUT2D eigenvalue weighted by atomic mass is 9.99. The minimum atomic E-state index is -0.0829. The van der Waals surface area contributed by atoms with Crippen molar-refractivity contribution < 1.29 is 4.74 Å². The second-order valence-corrected chi connectivity index (χ2v) is 10.1. The molecule has 2 atom stereocenters. The highest BCUT2D eigenvalue weighted by molar-refractivity contribution is 5.79. The van der Waals surface area contributed by atoms with Crippen molar-refractivity contribution in [1.82, 2.24) is 30.1 Å². The molecule has 0 unspecified atom stereocenters. The average molecular weight is 487 g/mol. The molecule has 1 aliphatic heterocycles. The highest BCUT2D eigenvalue weighted by atomic mass is 16.5. The van der Waals surface area contributed by atoms with Gasteiger partial charge in [-0.2, -0.15) is 0 Å². The van der Waals surface area contributed by atoms with Crippen molar-refractivity contribution >= 4 is 10.9 Å². The first-order valence-electron chi connectivity index (χ1n) is 12.8. The number of benzene rings is 2. The van der Waals surface area contributed by atoms with Crippen LogP contribution in [-0.4, -0.2) is 49.3 Å². The molecule has 0 radical (unpaired) electrons. The van der Waals surface area contributed by atoms with Crippen LogP contribution in [0.2, 0.25) is 0 Å². The Balaban J connectivity index is 1.51. The standard InChI is InChI=1S/C28H34N6O2/c1-19(2)26(27-30-31-32-34(27)16-21-8-5-4-6-9-21)33(18-24-10-7-13-36-24)17-23-15-22-14-20(3)11-12-25(22)29-28(23)35/h4-6,8-9,11-12,14-15,19,24,26H,7,10,13,16-18H2,1-3H3,(H,29,35)/t24-,26-/m1/s1. The summed E-state index contributed by atoms with van der Waals surface area (Å²) in [6.45, 7) is 9.01. The summed E-state index contributed by atoms with van der Waals surface area (Å²) in [5.74, 6) is 1.02. The summed E-state index contributed by atoms with van der Waals surface area (Å²) in [4.78, 5) is 18.5. The number of pyridine rings is 1. The minimum absolute atomic E-state index is 0.0601. The second kappa shape index (κ2) is 10.7. The minimum Gasteiger partial charge on any atom is -0.377 e. The van der Waals surface area contributed by atoms with E-state index < -0.39 is 0 Å². The van der Waals surface area contributed by atoms with Crippen LogP contribution in [0.3, 0.4) is 0 Å². The van der Waals surface area contributed by atoms with Crippen LogP contribution in [0.15, 0.2) is 59.4 Å². The Bertz CT molecular complexity index is 1360. The molecule has 36 heavy (non-hydrogen) atoms. The summed E-state index contributed by atoms with van der Waals surface area (Å²) in [5.41, 5.74) is 3.83. The van der Waals surface area contributed by atoms with E-state index in [-0.39, 0.29) is 23.6 Å².